The molecule has 0 spiro atoms. The van der Waals surface area contributed by atoms with Crippen molar-refractivity contribution in [3.63, 3.8) is 0 Å². The summed E-state index contributed by atoms with van der Waals surface area (Å²) in [6.07, 6.45) is 0.843. The largest absolute Gasteiger partial charge is 0.460 e. The van der Waals surface area contributed by atoms with Crippen LogP contribution in [0.2, 0.25) is 0 Å². The number of rotatable bonds is 5. The van der Waals surface area contributed by atoms with Gasteiger partial charge in [0.2, 0.25) is 0 Å². The maximum atomic E-state index is 12.2. The molecule has 0 aliphatic carbocycles. The second-order valence-corrected chi connectivity index (χ2v) is 7.63. The molecule has 1 saturated heterocycles. The Labute approximate surface area is 134 Å². The molecule has 1 aliphatic rings. The lowest BCUT2D eigenvalue weighted by molar-refractivity contribution is -0.159. The fourth-order valence-corrected chi connectivity index (χ4v) is 1.85. The van der Waals surface area contributed by atoms with Gasteiger partial charge >= 0.3 is 12.1 Å². The summed E-state index contributed by atoms with van der Waals surface area (Å²) in [5, 5.41) is 0. The van der Waals surface area contributed by atoms with E-state index >= 15 is 0 Å². The van der Waals surface area contributed by atoms with Crippen LogP contribution in [0.15, 0.2) is 0 Å². The molecule has 5 nitrogen and oxygen atoms in total. The standard InChI is InChI=1S/C17H31NO4/c1-8-16(4,5)14(19)21-13-9-10-18(11-13)15(20)22-17(6,7)12(2)3/h12-13H,8-11H2,1-7H3. The highest BCUT2D eigenvalue weighted by atomic mass is 16.6. The third-order valence-electron chi connectivity index (χ3n) is 4.85. The molecule has 0 N–H and O–H groups in total. The minimum absolute atomic E-state index is 0.197. The Kier molecular flexibility index (Phi) is 5.88. The normalized spacial score (nSPS) is 19.5. The molecule has 1 fully saturated rings. The van der Waals surface area contributed by atoms with Crippen LogP contribution in [0.3, 0.4) is 0 Å². The lowest BCUT2D eigenvalue weighted by Gasteiger charge is -2.31. The molecule has 128 valence electrons. The molecule has 1 heterocycles. The molecule has 1 atom stereocenters. The molecule has 0 bridgehead atoms. The second-order valence-electron chi connectivity index (χ2n) is 7.63. The third-order valence-corrected chi connectivity index (χ3v) is 4.85. The van der Waals surface area contributed by atoms with Gasteiger partial charge in [0.15, 0.2) is 0 Å². The third kappa shape index (κ3) is 4.62. The summed E-state index contributed by atoms with van der Waals surface area (Å²) in [6, 6.07) is 0. The van der Waals surface area contributed by atoms with Crippen LogP contribution in [-0.4, -0.2) is 41.8 Å². The monoisotopic (exact) mass is 313 g/mol. The molecule has 0 saturated carbocycles. The number of esters is 1. The second kappa shape index (κ2) is 6.88. The van der Waals surface area contributed by atoms with Gasteiger partial charge < -0.3 is 14.4 Å². The number of hydrogen-bond donors (Lipinski definition) is 0. The van der Waals surface area contributed by atoms with E-state index in [9.17, 15) is 9.59 Å². The first-order chi connectivity index (χ1) is 9.99. The molecule has 1 aliphatic heterocycles. The van der Waals surface area contributed by atoms with Gasteiger partial charge in [-0.2, -0.15) is 0 Å². The first-order valence-corrected chi connectivity index (χ1v) is 8.18. The molecular formula is C17H31NO4. The number of amides is 1. The van der Waals surface area contributed by atoms with Crippen molar-refractivity contribution in [2.45, 2.75) is 73.0 Å². The van der Waals surface area contributed by atoms with Crippen LogP contribution in [0.25, 0.3) is 0 Å². The fourth-order valence-electron chi connectivity index (χ4n) is 1.85. The first kappa shape index (κ1) is 18.8. The summed E-state index contributed by atoms with van der Waals surface area (Å²) in [6.45, 7) is 14.6. The maximum absolute atomic E-state index is 12.2. The Balaban J connectivity index is 2.53. The van der Waals surface area contributed by atoms with E-state index in [2.05, 4.69) is 0 Å². The number of nitrogens with zero attached hydrogens (tertiary/aromatic N) is 1. The zero-order chi connectivity index (χ0) is 17.1. The van der Waals surface area contributed by atoms with Crippen molar-refractivity contribution in [2.75, 3.05) is 13.1 Å². The van der Waals surface area contributed by atoms with Gasteiger partial charge in [-0.25, -0.2) is 4.79 Å². The van der Waals surface area contributed by atoms with E-state index in [1.807, 2.05) is 48.5 Å². The van der Waals surface area contributed by atoms with Crippen LogP contribution in [-0.2, 0) is 14.3 Å². The number of carbonyl (C=O) groups is 2. The summed E-state index contributed by atoms with van der Waals surface area (Å²) >= 11 is 0. The number of ether oxygens (including phenoxy) is 2. The zero-order valence-electron chi connectivity index (χ0n) is 15.1. The Hall–Kier alpha value is -1.26. The average Bonchev–Trinajstić information content (AvgIpc) is 2.86. The van der Waals surface area contributed by atoms with Crippen molar-refractivity contribution in [2.24, 2.45) is 11.3 Å². The van der Waals surface area contributed by atoms with Crippen LogP contribution in [0.4, 0.5) is 4.79 Å². The number of carbonyl (C=O) groups excluding carboxylic acids is 2. The fraction of sp³-hybridized carbons (Fsp3) is 0.882. The van der Waals surface area contributed by atoms with E-state index in [4.69, 9.17) is 9.47 Å². The summed E-state index contributed by atoms with van der Waals surface area (Å²) in [5.41, 5.74) is -0.983. The first-order valence-electron chi connectivity index (χ1n) is 8.18. The molecule has 1 amide bonds. The van der Waals surface area contributed by atoms with Crippen LogP contribution in [0.5, 0.6) is 0 Å². The Morgan fingerprint density at radius 2 is 1.82 bits per heavy atom. The highest BCUT2D eigenvalue weighted by molar-refractivity contribution is 5.76. The summed E-state index contributed by atoms with van der Waals surface area (Å²) in [7, 11) is 0. The molecule has 22 heavy (non-hydrogen) atoms. The minimum Gasteiger partial charge on any atom is -0.460 e. The molecule has 1 unspecified atom stereocenters. The highest BCUT2D eigenvalue weighted by Crippen LogP contribution is 2.26. The number of hydrogen-bond acceptors (Lipinski definition) is 4. The molecule has 0 aromatic heterocycles. The van der Waals surface area contributed by atoms with Crippen LogP contribution in [0.1, 0.15) is 61.3 Å². The van der Waals surface area contributed by atoms with Crippen LogP contribution < -0.4 is 0 Å². The summed E-state index contributed by atoms with van der Waals surface area (Å²) in [5.74, 6) is 0.0377. The van der Waals surface area contributed by atoms with E-state index in [-0.39, 0.29) is 24.1 Å². The van der Waals surface area contributed by atoms with E-state index < -0.39 is 11.0 Å². The van der Waals surface area contributed by atoms with Gasteiger partial charge in [0, 0.05) is 13.0 Å². The smallest absolute Gasteiger partial charge is 0.410 e. The number of likely N-dealkylation sites (tertiary alicyclic amines) is 1. The van der Waals surface area contributed by atoms with Gasteiger partial charge in [-0.05, 0) is 40.0 Å². The molecular weight excluding hydrogens is 282 g/mol. The zero-order valence-corrected chi connectivity index (χ0v) is 15.1. The van der Waals surface area contributed by atoms with E-state index in [1.165, 1.54) is 0 Å². The Morgan fingerprint density at radius 3 is 2.32 bits per heavy atom. The van der Waals surface area contributed by atoms with Crippen molar-refractivity contribution in [3.05, 3.63) is 0 Å². The molecule has 0 aromatic carbocycles. The maximum Gasteiger partial charge on any atom is 0.410 e. The lowest BCUT2D eigenvalue weighted by atomic mass is 9.90. The van der Waals surface area contributed by atoms with Crippen molar-refractivity contribution < 1.29 is 19.1 Å². The topological polar surface area (TPSA) is 55.8 Å². The molecule has 0 radical (unpaired) electrons. The Morgan fingerprint density at radius 1 is 1.23 bits per heavy atom. The van der Waals surface area contributed by atoms with Gasteiger partial charge in [-0.15, -0.1) is 0 Å². The van der Waals surface area contributed by atoms with E-state index in [0.717, 1.165) is 6.42 Å². The lowest BCUT2D eigenvalue weighted by Crippen LogP contribution is -2.40. The average molecular weight is 313 g/mol. The summed E-state index contributed by atoms with van der Waals surface area (Å²) in [4.78, 5) is 25.9. The van der Waals surface area contributed by atoms with Crippen LogP contribution >= 0.6 is 0 Å². The molecule has 0 aromatic rings. The predicted octanol–water partition coefficient (Wildman–Crippen LogP) is 3.61. The van der Waals surface area contributed by atoms with Crippen molar-refractivity contribution in [1.82, 2.24) is 4.90 Å². The van der Waals surface area contributed by atoms with Gasteiger partial charge in [-0.1, -0.05) is 20.8 Å². The van der Waals surface area contributed by atoms with Crippen molar-refractivity contribution >= 4 is 12.1 Å². The van der Waals surface area contributed by atoms with Gasteiger partial charge in [0.05, 0.1) is 12.0 Å². The van der Waals surface area contributed by atoms with Crippen LogP contribution in [0, 0.1) is 11.3 Å². The van der Waals surface area contributed by atoms with E-state index in [1.54, 1.807) is 4.90 Å². The quantitative estimate of drug-likeness (QED) is 0.728. The van der Waals surface area contributed by atoms with Gasteiger partial charge in [0.1, 0.15) is 11.7 Å². The van der Waals surface area contributed by atoms with Crippen molar-refractivity contribution in [1.29, 1.82) is 0 Å². The Bertz CT molecular complexity index is 415. The SMILES string of the molecule is CCC(C)(C)C(=O)OC1CCN(C(=O)OC(C)(C)C(C)C)C1. The molecule has 1 rings (SSSR count). The molecule has 5 heteroatoms. The van der Waals surface area contributed by atoms with Gasteiger partial charge in [0.25, 0.3) is 0 Å². The minimum atomic E-state index is -0.504. The highest BCUT2D eigenvalue weighted by Gasteiger charge is 2.36. The van der Waals surface area contributed by atoms with Crippen molar-refractivity contribution in [3.8, 4) is 0 Å². The summed E-state index contributed by atoms with van der Waals surface area (Å²) < 4.78 is 11.1. The van der Waals surface area contributed by atoms with E-state index in [0.29, 0.717) is 19.5 Å². The van der Waals surface area contributed by atoms with Gasteiger partial charge in [-0.3, -0.25) is 4.79 Å². The predicted molar refractivity (Wildman–Crippen MR) is 85.5 cm³/mol.